The third-order valence-electron chi connectivity index (χ3n) is 4.14. The van der Waals surface area contributed by atoms with Crippen LogP contribution >= 0.6 is 0 Å². The van der Waals surface area contributed by atoms with Gasteiger partial charge in [0.25, 0.3) is 0 Å². The maximum Gasteiger partial charge on any atom is 0.182 e. The number of benzene rings is 3. The Bertz CT molecular complexity index is 1080. The summed E-state index contributed by atoms with van der Waals surface area (Å²) in [6, 6.07) is 24.0. The zero-order valence-corrected chi connectivity index (χ0v) is 13.7. The number of para-hydroxylation sites is 2. The van der Waals surface area contributed by atoms with Gasteiger partial charge in [-0.15, -0.1) is 0 Å². The summed E-state index contributed by atoms with van der Waals surface area (Å²) < 4.78 is 25.7. The first kappa shape index (κ1) is 14.8. The van der Waals surface area contributed by atoms with Crippen LogP contribution in [0.4, 0.5) is 0 Å². The number of aromatic nitrogens is 1. The Balaban J connectivity index is 1.98. The normalized spacial score (nSPS) is 11.8. The highest BCUT2D eigenvalue weighted by molar-refractivity contribution is 7.90. The molecule has 0 saturated heterocycles. The third-order valence-corrected chi connectivity index (χ3v) is 5.80. The molecule has 24 heavy (non-hydrogen) atoms. The fourth-order valence-corrected chi connectivity index (χ4v) is 4.41. The van der Waals surface area contributed by atoms with Crippen molar-refractivity contribution in [3.05, 3.63) is 84.4 Å². The molecule has 0 unspecified atom stereocenters. The van der Waals surface area contributed by atoms with Crippen molar-refractivity contribution in [1.29, 1.82) is 0 Å². The predicted molar refractivity (Wildman–Crippen MR) is 96.6 cm³/mol. The molecule has 0 saturated carbocycles. The van der Waals surface area contributed by atoms with Crippen LogP contribution in [0.25, 0.3) is 21.8 Å². The van der Waals surface area contributed by atoms with Crippen LogP contribution in [0.3, 0.4) is 0 Å². The van der Waals surface area contributed by atoms with Gasteiger partial charge in [-0.2, -0.15) is 0 Å². The Morgan fingerprint density at radius 3 is 1.75 bits per heavy atom. The Hall–Kier alpha value is -2.72. The zero-order chi connectivity index (χ0) is 16.6. The topological polar surface area (TPSA) is 47.0 Å². The van der Waals surface area contributed by atoms with Crippen LogP contribution in [0.5, 0.6) is 0 Å². The molecule has 0 amide bonds. The summed E-state index contributed by atoms with van der Waals surface area (Å²) in [4.78, 5) is 4.99. The SMILES string of the molecule is O=S(=O)(Cc1c2ccccc2nc2ccccc12)c1ccccc1. The number of rotatable bonds is 3. The van der Waals surface area contributed by atoms with Gasteiger partial charge in [-0.3, -0.25) is 0 Å². The minimum Gasteiger partial charge on any atom is -0.248 e. The molecule has 0 bridgehead atoms. The van der Waals surface area contributed by atoms with Gasteiger partial charge in [-0.1, -0.05) is 54.6 Å². The van der Waals surface area contributed by atoms with E-state index >= 15 is 0 Å². The number of pyridine rings is 1. The van der Waals surface area contributed by atoms with Crippen molar-refractivity contribution in [2.45, 2.75) is 10.6 Å². The Morgan fingerprint density at radius 2 is 1.17 bits per heavy atom. The highest BCUT2D eigenvalue weighted by atomic mass is 32.2. The van der Waals surface area contributed by atoms with Crippen molar-refractivity contribution in [2.24, 2.45) is 0 Å². The van der Waals surface area contributed by atoms with Gasteiger partial charge in [0.15, 0.2) is 9.84 Å². The standard InChI is InChI=1S/C20H15NO2S/c22-24(23,15-8-2-1-3-9-15)14-18-16-10-4-6-12-19(16)21-20-13-7-5-11-17(18)20/h1-13H,14H2. The lowest BCUT2D eigenvalue weighted by Crippen LogP contribution is -2.06. The second-order valence-electron chi connectivity index (χ2n) is 5.70. The molecule has 1 aromatic heterocycles. The van der Waals surface area contributed by atoms with E-state index in [0.717, 1.165) is 27.4 Å². The summed E-state index contributed by atoms with van der Waals surface area (Å²) in [5.74, 6) is -0.0411. The summed E-state index contributed by atoms with van der Waals surface area (Å²) >= 11 is 0. The van der Waals surface area contributed by atoms with E-state index in [1.807, 2.05) is 54.6 Å². The first-order valence-corrected chi connectivity index (χ1v) is 9.34. The molecule has 1 heterocycles. The van der Waals surface area contributed by atoms with Gasteiger partial charge in [-0.05, 0) is 29.8 Å². The fourth-order valence-electron chi connectivity index (χ4n) is 2.98. The van der Waals surface area contributed by atoms with Gasteiger partial charge in [0.05, 0.1) is 21.7 Å². The van der Waals surface area contributed by atoms with Crippen molar-refractivity contribution < 1.29 is 8.42 Å². The molecule has 0 N–H and O–H groups in total. The molecule has 0 spiro atoms. The van der Waals surface area contributed by atoms with Gasteiger partial charge in [0.2, 0.25) is 0 Å². The number of sulfone groups is 1. The molecule has 0 atom stereocenters. The minimum absolute atomic E-state index is 0.0411. The molecule has 0 aliphatic heterocycles. The number of nitrogens with zero attached hydrogens (tertiary/aromatic N) is 1. The summed E-state index contributed by atoms with van der Waals surface area (Å²) in [6.45, 7) is 0. The number of hydrogen-bond acceptors (Lipinski definition) is 3. The lowest BCUT2D eigenvalue weighted by Gasteiger charge is -2.11. The zero-order valence-electron chi connectivity index (χ0n) is 12.9. The van der Waals surface area contributed by atoms with Crippen LogP contribution in [0.2, 0.25) is 0 Å². The van der Waals surface area contributed by atoms with Gasteiger partial charge in [-0.25, -0.2) is 13.4 Å². The van der Waals surface area contributed by atoms with Crippen LogP contribution in [0.15, 0.2) is 83.8 Å². The third kappa shape index (κ3) is 2.55. The predicted octanol–water partition coefficient (Wildman–Crippen LogP) is 4.36. The summed E-state index contributed by atoms with van der Waals surface area (Å²) in [7, 11) is -3.42. The Morgan fingerprint density at radius 1 is 0.667 bits per heavy atom. The van der Waals surface area contributed by atoms with Gasteiger partial charge in [0, 0.05) is 10.8 Å². The molecule has 118 valence electrons. The number of hydrogen-bond donors (Lipinski definition) is 0. The fraction of sp³-hybridized carbons (Fsp3) is 0.0500. The van der Waals surface area contributed by atoms with Crippen molar-refractivity contribution in [3.63, 3.8) is 0 Å². The molecular weight excluding hydrogens is 318 g/mol. The first-order valence-electron chi connectivity index (χ1n) is 7.69. The van der Waals surface area contributed by atoms with E-state index in [-0.39, 0.29) is 5.75 Å². The van der Waals surface area contributed by atoms with E-state index in [1.165, 1.54) is 0 Å². The first-order chi connectivity index (χ1) is 11.6. The summed E-state index contributed by atoms with van der Waals surface area (Å²) in [5.41, 5.74) is 2.43. The van der Waals surface area contributed by atoms with E-state index < -0.39 is 9.84 Å². The highest BCUT2D eigenvalue weighted by Gasteiger charge is 2.19. The van der Waals surface area contributed by atoms with Gasteiger partial charge >= 0.3 is 0 Å². The van der Waals surface area contributed by atoms with Crippen LogP contribution in [-0.2, 0) is 15.6 Å². The lowest BCUT2D eigenvalue weighted by atomic mass is 10.0. The molecule has 0 fully saturated rings. The van der Waals surface area contributed by atoms with Gasteiger partial charge < -0.3 is 0 Å². The highest BCUT2D eigenvalue weighted by Crippen LogP contribution is 2.29. The van der Waals surface area contributed by atoms with Gasteiger partial charge in [0.1, 0.15) is 0 Å². The van der Waals surface area contributed by atoms with E-state index in [4.69, 9.17) is 0 Å². The molecule has 0 aliphatic rings. The molecular formula is C20H15NO2S. The molecule has 0 aliphatic carbocycles. The lowest BCUT2D eigenvalue weighted by molar-refractivity contribution is 0.595. The van der Waals surface area contributed by atoms with E-state index in [0.29, 0.717) is 4.90 Å². The monoisotopic (exact) mass is 333 g/mol. The van der Waals surface area contributed by atoms with E-state index in [9.17, 15) is 8.42 Å². The maximum atomic E-state index is 12.9. The van der Waals surface area contributed by atoms with Crippen LogP contribution < -0.4 is 0 Å². The Kier molecular flexibility index (Phi) is 3.54. The molecule has 4 rings (SSSR count). The number of fused-ring (bicyclic) bond motifs is 2. The largest absolute Gasteiger partial charge is 0.248 e. The average molecular weight is 333 g/mol. The van der Waals surface area contributed by atoms with E-state index in [2.05, 4.69) is 4.98 Å². The summed E-state index contributed by atoms with van der Waals surface area (Å²) in [5, 5.41) is 1.77. The molecule has 4 aromatic rings. The van der Waals surface area contributed by atoms with Crippen molar-refractivity contribution in [1.82, 2.24) is 4.98 Å². The van der Waals surface area contributed by atoms with Crippen LogP contribution in [0, 0.1) is 0 Å². The van der Waals surface area contributed by atoms with Crippen molar-refractivity contribution in [3.8, 4) is 0 Å². The molecule has 0 radical (unpaired) electrons. The molecule has 3 aromatic carbocycles. The molecule has 3 nitrogen and oxygen atoms in total. The molecule has 4 heteroatoms. The van der Waals surface area contributed by atoms with Crippen LogP contribution in [-0.4, -0.2) is 13.4 Å². The average Bonchev–Trinajstić information content (AvgIpc) is 2.62. The van der Waals surface area contributed by atoms with Crippen molar-refractivity contribution in [2.75, 3.05) is 0 Å². The second kappa shape index (κ2) is 5.73. The Labute approximate surface area is 140 Å². The smallest absolute Gasteiger partial charge is 0.182 e. The quantitative estimate of drug-likeness (QED) is 0.523. The summed E-state index contributed by atoms with van der Waals surface area (Å²) in [6.07, 6.45) is 0. The second-order valence-corrected chi connectivity index (χ2v) is 7.69. The maximum absolute atomic E-state index is 12.9. The van der Waals surface area contributed by atoms with Crippen LogP contribution in [0.1, 0.15) is 5.56 Å². The minimum atomic E-state index is -3.42. The van der Waals surface area contributed by atoms with Crippen molar-refractivity contribution >= 4 is 31.6 Å². The van der Waals surface area contributed by atoms with E-state index in [1.54, 1.807) is 24.3 Å².